The van der Waals surface area contributed by atoms with Gasteiger partial charge in [-0.25, -0.2) is 4.98 Å². The highest BCUT2D eigenvalue weighted by Gasteiger charge is 2.19. The fourth-order valence-corrected chi connectivity index (χ4v) is 3.31. The Hall–Kier alpha value is -3.11. The summed E-state index contributed by atoms with van der Waals surface area (Å²) in [6.45, 7) is 4.66. The summed E-state index contributed by atoms with van der Waals surface area (Å²) in [4.78, 5) is 44.8. The molecule has 11 heteroatoms. The lowest BCUT2D eigenvalue weighted by Crippen LogP contribution is -2.46. The molecule has 1 aromatic carbocycles. The van der Waals surface area contributed by atoms with E-state index in [2.05, 4.69) is 20.2 Å². The molecule has 0 radical (unpaired) electrons. The van der Waals surface area contributed by atoms with Gasteiger partial charge in [0.05, 0.1) is 23.6 Å². The molecule has 1 aromatic heterocycles. The van der Waals surface area contributed by atoms with Crippen LogP contribution in [0.15, 0.2) is 24.5 Å². The Morgan fingerprint density at radius 3 is 2.73 bits per heavy atom. The number of nitrogens with two attached hydrogens (primary N) is 1. The first-order chi connectivity index (χ1) is 14.5. The van der Waals surface area contributed by atoms with Crippen LogP contribution in [0.5, 0.6) is 5.75 Å². The van der Waals surface area contributed by atoms with E-state index in [1.807, 2.05) is 0 Å². The first kappa shape index (κ1) is 21.6. The van der Waals surface area contributed by atoms with E-state index < -0.39 is 11.8 Å². The Morgan fingerprint density at radius 1 is 1.30 bits per heavy atom. The molecule has 0 bridgehead atoms. The van der Waals surface area contributed by atoms with Crippen LogP contribution in [0.4, 0.5) is 5.69 Å². The molecule has 160 valence electrons. The summed E-state index contributed by atoms with van der Waals surface area (Å²) in [5.74, 6) is -0.795. The highest BCUT2D eigenvalue weighted by Crippen LogP contribution is 2.27. The van der Waals surface area contributed by atoms with Gasteiger partial charge in [0.25, 0.3) is 11.8 Å². The molecule has 0 aliphatic carbocycles. The third kappa shape index (κ3) is 5.49. The number of hydrogen-bond donors (Lipinski definition) is 3. The quantitative estimate of drug-likeness (QED) is 0.397. The molecule has 3 amide bonds. The zero-order valence-electron chi connectivity index (χ0n) is 16.3. The molecule has 0 unspecified atom stereocenters. The van der Waals surface area contributed by atoms with Crippen LogP contribution in [0.2, 0.25) is 5.02 Å². The van der Waals surface area contributed by atoms with Crippen LogP contribution in [-0.2, 0) is 4.79 Å². The van der Waals surface area contributed by atoms with E-state index in [1.165, 1.54) is 6.33 Å². The Kier molecular flexibility index (Phi) is 7.26. The van der Waals surface area contributed by atoms with Crippen LogP contribution in [0.1, 0.15) is 27.4 Å². The number of primary amides is 1. The van der Waals surface area contributed by atoms with Crippen molar-refractivity contribution >= 4 is 35.5 Å². The number of carbonyl (C=O) groups excluding carboxylic acids is 3. The minimum absolute atomic E-state index is 0.0344. The summed E-state index contributed by atoms with van der Waals surface area (Å²) in [7, 11) is 0. The van der Waals surface area contributed by atoms with Gasteiger partial charge in [-0.1, -0.05) is 11.6 Å². The van der Waals surface area contributed by atoms with Crippen molar-refractivity contribution in [1.82, 2.24) is 19.8 Å². The van der Waals surface area contributed by atoms with E-state index in [1.54, 1.807) is 23.1 Å². The lowest BCUT2D eigenvalue weighted by molar-refractivity contribution is -0.119. The number of piperazine rings is 1. The van der Waals surface area contributed by atoms with Gasteiger partial charge in [0.1, 0.15) is 11.4 Å². The highest BCUT2D eigenvalue weighted by molar-refractivity contribution is 6.34. The number of nitrogens with one attached hydrogen (secondary N) is 2. The third-order valence-corrected chi connectivity index (χ3v) is 5.04. The van der Waals surface area contributed by atoms with Crippen molar-refractivity contribution in [3.63, 3.8) is 0 Å². The minimum atomic E-state index is -0.804. The maximum Gasteiger partial charge on any atom is 0.274 e. The van der Waals surface area contributed by atoms with E-state index in [9.17, 15) is 14.4 Å². The molecule has 1 fully saturated rings. The van der Waals surface area contributed by atoms with Crippen LogP contribution < -0.4 is 15.8 Å². The number of imidazole rings is 1. The Morgan fingerprint density at radius 2 is 2.07 bits per heavy atom. The summed E-state index contributed by atoms with van der Waals surface area (Å²) in [5, 5.41) is 2.91. The largest absolute Gasteiger partial charge is 0.493 e. The number of rotatable bonds is 9. The molecule has 10 nitrogen and oxygen atoms in total. The second-order valence-electron chi connectivity index (χ2n) is 6.77. The lowest BCUT2D eigenvalue weighted by Gasteiger charge is -2.32. The molecule has 1 aliphatic rings. The van der Waals surface area contributed by atoms with Gasteiger partial charge in [-0.2, -0.15) is 0 Å². The van der Waals surface area contributed by atoms with Gasteiger partial charge in [0.15, 0.2) is 5.69 Å². The van der Waals surface area contributed by atoms with Crippen molar-refractivity contribution in [2.75, 3.05) is 44.6 Å². The Balaban J connectivity index is 1.47. The third-order valence-electron chi connectivity index (χ3n) is 4.73. The SMILES string of the molecule is NC(=O)c1nc[nH]c1C(=O)Nc1ccc(OCCCN2CCN(C=O)CC2)cc1Cl. The average molecular weight is 435 g/mol. The van der Waals surface area contributed by atoms with Crippen molar-refractivity contribution in [2.45, 2.75) is 6.42 Å². The summed E-state index contributed by atoms with van der Waals surface area (Å²) in [6, 6.07) is 4.93. The van der Waals surface area contributed by atoms with Crippen LogP contribution >= 0.6 is 11.6 Å². The molecule has 4 N–H and O–H groups in total. The lowest BCUT2D eigenvalue weighted by atomic mass is 10.2. The molecular weight excluding hydrogens is 412 g/mol. The number of nitrogens with zero attached hydrogens (tertiary/aromatic N) is 3. The average Bonchev–Trinajstić information content (AvgIpc) is 3.24. The van der Waals surface area contributed by atoms with E-state index in [0.717, 1.165) is 45.6 Å². The van der Waals surface area contributed by atoms with Gasteiger partial charge in [0.2, 0.25) is 6.41 Å². The molecule has 0 spiro atoms. The number of H-pyrrole nitrogens is 1. The van der Waals surface area contributed by atoms with Crippen molar-refractivity contribution in [3.05, 3.63) is 40.9 Å². The van der Waals surface area contributed by atoms with Crippen LogP contribution in [-0.4, -0.2) is 77.3 Å². The number of ether oxygens (including phenoxy) is 1. The van der Waals surface area contributed by atoms with Gasteiger partial charge >= 0.3 is 0 Å². The maximum absolute atomic E-state index is 12.3. The van der Waals surface area contributed by atoms with Crippen LogP contribution in [0.25, 0.3) is 0 Å². The smallest absolute Gasteiger partial charge is 0.274 e. The number of anilines is 1. The van der Waals surface area contributed by atoms with E-state index >= 15 is 0 Å². The second-order valence-corrected chi connectivity index (χ2v) is 7.18. The number of halogens is 1. The van der Waals surface area contributed by atoms with Crippen molar-refractivity contribution in [3.8, 4) is 5.75 Å². The summed E-state index contributed by atoms with van der Waals surface area (Å²) in [6.07, 6.45) is 2.95. The zero-order valence-corrected chi connectivity index (χ0v) is 17.0. The molecular formula is C19H23ClN6O4. The van der Waals surface area contributed by atoms with Crippen molar-refractivity contribution < 1.29 is 19.1 Å². The topological polar surface area (TPSA) is 134 Å². The molecule has 2 aromatic rings. The second kappa shape index (κ2) is 10.1. The van der Waals surface area contributed by atoms with Crippen molar-refractivity contribution in [2.24, 2.45) is 5.73 Å². The molecule has 1 aliphatic heterocycles. The standard InChI is InChI=1S/C19H23ClN6O4/c20-14-10-13(30-9-1-4-25-5-7-26(12-27)8-6-25)2-3-15(14)24-19(29)17-16(18(21)28)22-11-23-17/h2-3,10-12H,1,4-9H2,(H2,21,28)(H,22,23)(H,24,29). The summed E-state index contributed by atoms with van der Waals surface area (Å²) >= 11 is 6.25. The zero-order chi connectivity index (χ0) is 21.5. The fraction of sp³-hybridized carbons (Fsp3) is 0.368. The van der Waals surface area contributed by atoms with Gasteiger partial charge in [-0.05, 0) is 18.6 Å². The molecule has 30 heavy (non-hydrogen) atoms. The van der Waals surface area contributed by atoms with E-state index in [4.69, 9.17) is 22.1 Å². The Bertz CT molecular complexity index is 910. The number of hydrogen-bond acceptors (Lipinski definition) is 6. The molecule has 1 saturated heterocycles. The van der Waals surface area contributed by atoms with E-state index in [-0.39, 0.29) is 11.4 Å². The molecule has 3 rings (SSSR count). The minimum Gasteiger partial charge on any atom is -0.493 e. The van der Waals surface area contributed by atoms with Gasteiger partial charge in [0, 0.05) is 38.8 Å². The summed E-state index contributed by atoms with van der Waals surface area (Å²) < 4.78 is 5.74. The predicted molar refractivity (Wildman–Crippen MR) is 111 cm³/mol. The highest BCUT2D eigenvalue weighted by atomic mass is 35.5. The fourth-order valence-electron chi connectivity index (χ4n) is 3.10. The molecule has 0 atom stereocenters. The van der Waals surface area contributed by atoms with Crippen LogP contribution in [0.3, 0.4) is 0 Å². The predicted octanol–water partition coefficient (Wildman–Crippen LogP) is 0.957. The molecule has 2 heterocycles. The molecule has 0 saturated carbocycles. The maximum atomic E-state index is 12.3. The monoisotopic (exact) mass is 434 g/mol. The number of aromatic nitrogens is 2. The van der Waals surface area contributed by atoms with Gasteiger partial charge in [-0.3, -0.25) is 19.3 Å². The number of amides is 3. The summed E-state index contributed by atoms with van der Waals surface area (Å²) in [5.41, 5.74) is 5.39. The van der Waals surface area contributed by atoms with Gasteiger partial charge < -0.3 is 25.7 Å². The Labute approximate surface area is 178 Å². The normalized spacial score (nSPS) is 14.4. The first-order valence-corrected chi connectivity index (χ1v) is 9.84. The number of aromatic amines is 1. The van der Waals surface area contributed by atoms with E-state index in [0.29, 0.717) is 23.1 Å². The van der Waals surface area contributed by atoms with Gasteiger partial charge in [-0.15, -0.1) is 0 Å². The first-order valence-electron chi connectivity index (χ1n) is 9.46. The number of benzene rings is 1. The van der Waals surface area contributed by atoms with Crippen LogP contribution in [0, 0.1) is 0 Å². The number of carbonyl (C=O) groups is 3. The van der Waals surface area contributed by atoms with Crippen molar-refractivity contribution in [1.29, 1.82) is 0 Å².